The zero-order valence-corrected chi connectivity index (χ0v) is 17.9. The lowest BCUT2D eigenvalue weighted by Crippen LogP contribution is -2.39. The number of thiazole rings is 1. The first-order valence-corrected chi connectivity index (χ1v) is 12.6. The molecule has 1 atom stereocenters. The van der Waals surface area contributed by atoms with Gasteiger partial charge in [-0.1, -0.05) is 0 Å². The molecule has 4 heterocycles. The van der Waals surface area contributed by atoms with Gasteiger partial charge in [-0.3, -0.25) is 0 Å². The van der Waals surface area contributed by atoms with Gasteiger partial charge in [0.05, 0.1) is 15.6 Å². The van der Waals surface area contributed by atoms with Crippen molar-refractivity contribution in [3.05, 3.63) is 34.7 Å². The summed E-state index contributed by atoms with van der Waals surface area (Å²) in [6.07, 6.45) is 5.90. The summed E-state index contributed by atoms with van der Waals surface area (Å²) >= 11 is 2.87. The molecule has 0 amide bonds. The largest absolute Gasteiger partial charge is 0.314 e. The van der Waals surface area contributed by atoms with Crippen LogP contribution in [0.3, 0.4) is 0 Å². The van der Waals surface area contributed by atoms with Crippen molar-refractivity contribution in [2.75, 3.05) is 13.1 Å². The fourth-order valence-electron chi connectivity index (χ4n) is 3.75. The number of aryl methyl sites for hydroxylation is 1. The number of piperidine rings is 1. The van der Waals surface area contributed by atoms with Gasteiger partial charge in [0.1, 0.15) is 16.4 Å². The van der Waals surface area contributed by atoms with Crippen LogP contribution < -0.4 is 0 Å². The average molecular weight is 436 g/mol. The fraction of sp³-hybridized carbons (Fsp3) is 0.500. The zero-order valence-electron chi connectivity index (χ0n) is 15.5. The number of hydrogen-bond acceptors (Lipinski definition) is 7. The molecule has 0 spiro atoms. The van der Waals surface area contributed by atoms with Gasteiger partial charge in [-0.2, -0.15) is 4.31 Å². The molecule has 0 bridgehead atoms. The molecule has 1 aliphatic carbocycles. The Morgan fingerprint density at radius 2 is 2.07 bits per heavy atom. The molecule has 1 saturated heterocycles. The minimum Gasteiger partial charge on any atom is -0.314 e. The van der Waals surface area contributed by atoms with Gasteiger partial charge in [-0.05, 0) is 44.7 Å². The van der Waals surface area contributed by atoms with E-state index in [2.05, 4.69) is 19.7 Å². The molecule has 1 aliphatic heterocycles. The van der Waals surface area contributed by atoms with Gasteiger partial charge in [0.2, 0.25) is 0 Å². The Morgan fingerprint density at radius 1 is 1.21 bits per heavy atom. The predicted octanol–water partition coefficient (Wildman–Crippen LogP) is 3.67. The van der Waals surface area contributed by atoms with E-state index < -0.39 is 10.0 Å². The maximum atomic E-state index is 13.3. The van der Waals surface area contributed by atoms with E-state index in [0.29, 0.717) is 23.3 Å². The Bertz CT molecular complexity index is 1100. The van der Waals surface area contributed by atoms with E-state index in [1.54, 1.807) is 28.0 Å². The highest BCUT2D eigenvalue weighted by Crippen LogP contribution is 2.39. The van der Waals surface area contributed by atoms with E-state index in [1.807, 2.05) is 18.4 Å². The summed E-state index contributed by atoms with van der Waals surface area (Å²) in [7, 11) is -3.51. The van der Waals surface area contributed by atoms with Crippen LogP contribution in [0, 0.1) is 6.92 Å². The first kappa shape index (κ1) is 18.4. The SMILES string of the molecule is Cc1nc(-c2ccc(S(=O)(=O)N3CCC[C@H](c4nncn4C4CC4)C3)s2)cs1. The summed E-state index contributed by atoms with van der Waals surface area (Å²) in [5.74, 6) is 1.04. The van der Waals surface area contributed by atoms with Crippen LogP contribution in [0.25, 0.3) is 10.6 Å². The average Bonchev–Trinajstić information content (AvgIpc) is 3.11. The molecular weight excluding hydrogens is 414 g/mol. The van der Waals surface area contributed by atoms with Gasteiger partial charge in [0.15, 0.2) is 0 Å². The van der Waals surface area contributed by atoms with Crippen LogP contribution in [0.5, 0.6) is 0 Å². The molecule has 1 saturated carbocycles. The summed E-state index contributed by atoms with van der Waals surface area (Å²) < 4.78 is 30.7. The molecule has 0 aromatic carbocycles. The van der Waals surface area contributed by atoms with E-state index in [4.69, 9.17) is 0 Å². The van der Waals surface area contributed by atoms with Gasteiger partial charge in [0, 0.05) is 30.4 Å². The van der Waals surface area contributed by atoms with Crippen LogP contribution in [0.4, 0.5) is 0 Å². The molecule has 0 unspecified atom stereocenters. The monoisotopic (exact) mass is 435 g/mol. The lowest BCUT2D eigenvalue weighted by molar-refractivity contribution is 0.305. The van der Waals surface area contributed by atoms with Gasteiger partial charge >= 0.3 is 0 Å². The van der Waals surface area contributed by atoms with E-state index in [0.717, 1.165) is 47.1 Å². The molecule has 10 heteroatoms. The molecule has 148 valence electrons. The smallest absolute Gasteiger partial charge is 0.252 e. The molecule has 3 aromatic rings. The minimum atomic E-state index is -3.51. The lowest BCUT2D eigenvalue weighted by atomic mass is 9.99. The lowest BCUT2D eigenvalue weighted by Gasteiger charge is -2.31. The van der Waals surface area contributed by atoms with Gasteiger partial charge in [0.25, 0.3) is 10.0 Å². The highest BCUT2D eigenvalue weighted by Gasteiger charge is 2.36. The summed E-state index contributed by atoms with van der Waals surface area (Å²) in [6, 6.07) is 4.07. The van der Waals surface area contributed by atoms with E-state index in [-0.39, 0.29) is 5.92 Å². The first-order chi connectivity index (χ1) is 13.5. The maximum Gasteiger partial charge on any atom is 0.252 e. The highest BCUT2D eigenvalue weighted by atomic mass is 32.2. The number of hydrogen-bond donors (Lipinski definition) is 0. The van der Waals surface area contributed by atoms with Crippen molar-refractivity contribution in [3.8, 4) is 10.6 Å². The summed E-state index contributed by atoms with van der Waals surface area (Å²) in [5, 5.41) is 11.4. The van der Waals surface area contributed by atoms with Crippen molar-refractivity contribution in [1.29, 1.82) is 0 Å². The Labute approximate surface area is 172 Å². The number of thiophene rings is 1. The standard InChI is InChI=1S/C18H21N5O2S3/c1-12-20-15(10-26-12)16-6-7-17(27-16)28(24,25)22-8-2-3-13(9-22)18-21-19-11-23(18)14-4-5-14/h6-7,10-11,13-14H,2-5,8-9H2,1H3/t13-/m0/s1. The fourth-order valence-corrected chi connectivity index (χ4v) is 7.38. The van der Waals surface area contributed by atoms with Gasteiger partial charge in [-0.25, -0.2) is 13.4 Å². The van der Waals surface area contributed by atoms with Crippen LogP contribution >= 0.6 is 22.7 Å². The number of sulfonamides is 1. The predicted molar refractivity (Wildman–Crippen MR) is 109 cm³/mol. The van der Waals surface area contributed by atoms with Gasteiger partial charge < -0.3 is 4.57 Å². The summed E-state index contributed by atoms with van der Waals surface area (Å²) in [6.45, 7) is 2.98. The maximum absolute atomic E-state index is 13.3. The second kappa shape index (κ2) is 7.01. The van der Waals surface area contributed by atoms with Crippen LogP contribution in [0.1, 0.15) is 48.5 Å². The minimum absolute atomic E-state index is 0.104. The molecule has 7 nitrogen and oxygen atoms in total. The number of aromatic nitrogens is 4. The molecule has 28 heavy (non-hydrogen) atoms. The topological polar surface area (TPSA) is 81.0 Å². The third-order valence-electron chi connectivity index (χ3n) is 5.34. The van der Waals surface area contributed by atoms with Gasteiger partial charge in [-0.15, -0.1) is 32.9 Å². The van der Waals surface area contributed by atoms with Crippen molar-refractivity contribution >= 4 is 32.7 Å². The Kier molecular flexibility index (Phi) is 4.61. The van der Waals surface area contributed by atoms with Crippen LogP contribution in [0.2, 0.25) is 0 Å². The van der Waals surface area contributed by atoms with Crippen molar-refractivity contribution in [2.24, 2.45) is 0 Å². The van der Waals surface area contributed by atoms with E-state index in [9.17, 15) is 8.42 Å². The van der Waals surface area contributed by atoms with Crippen molar-refractivity contribution in [1.82, 2.24) is 24.1 Å². The summed E-state index contributed by atoms with van der Waals surface area (Å²) in [5.41, 5.74) is 0.850. The first-order valence-electron chi connectivity index (χ1n) is 9.44. The van der Waals surface area contributed by atoms with Crippen molar-refractivity contribution in [2.45, 2.75) is 48.8 Å². The Hall–Kier alpha value is -1.62. The normalized spacial score (nSPS) is 21.2. The zero-order chi connectivity index (χ0) is 19.3. The third kappa shape index (κ3) is 3.32. The van der Waals surface area contributed by atoms with E-state index >= 15 is 0 Å². The summed E-state index contributed by atoms with van der Waals surface area (Å²) in [4.78, 5) is 5.36. The second-order valence-corrected chi connectivity index (χ2v) is 11.7. The van der Waals surface area contributed by atoms with Crippen LogP contribution in [0.15, 0.2) is 28.0 Å². The van der Waals surface area contributed by atoms with Crippen molar-refractivity contribution < 1.29 is 8.42 Å². The number of nitrogens with zero attached hydrogens (tertiary/aromatic N) is 5. The Balaban J connectivity index is 1.38. The Morgan fingerprint density at radius 3 is 2.82 bits per heavy atom. The highest BCUT2D eigenvalue weighted by molar-refractivity contribution is 7.91. The van der Waals surface area contributed by atoms with Crippen LogP contribution in [-0.2, 0) is 10.0 Å². The quantitative estimate of drug-likeness (QED) is 0.611. The number of rotatable bonds is 5. The van der Waals surface area contributed by atoms with Crippen LogP contribution in [-0.4, -0.2) is 45.6 Å². The molecule has 0 N–H and O–H groups in total. The van der Waals surface area contributed by atoms with E-state index in [1.165, 1.54) is 11.3 Å². The molecule has 0 radical (unpaired) electrons. The molecule has 2 fully saturated rings. The molecular formula is C18H21N5O2S3. The molecule has 5 rings (SSSR count). The third-order valence-corrected chi connectivity index (χ3v) is 9.55. The molecule has 2 aliphatic rings. The molecule has 3 aromatic heterocycles. The second-order valence-electron chi connectivity index (χ2n) is 7.40. The van der Waals surface area contributed by atoms with Crippen molar-refractivity contribution in [3.63, 3.8) is 0 Å².